The Labute approximate surface area is 146 Å². The average Bonchev–Trinajstić information content (AvgIpc) is 3.33. The number of H-pyrrole nitrogens is 1. The summed E-state index contributed by atoms with van der Waals surface area (Å²) in [6.07, 6.45) is 7.78. The summed E-state index contributed by atoms with van der Waals surface area (Å²) in [4.78, 5) is 14.1. The van der Waals surface area contributed by atoms with E-state index in [9.17, 15) is 0 Å². The van der Waals surface area contributed by atoms with Crippen LogP contribution in [-0.4, -0.2) is 44.2 Å². The molecule has 3 aromatic rings. The number of ether oxygens (including phenoxy) is 1. The lowest BCUT2D eigenvalue weighted by Crippen LogP contribution is -2.39. The summed E-state index contributed by atoms with van der Waals surface area (Å²) in [6.45, 7) is 3.30. The van der Waals surface area contributed by atoms with Crippen LogP contribution in [0.3, 0.4) is 0 Å². The molecule has 0 aromatic carbocycles. The molecule has 4 heterocycles. The first-order chi connectivity index (χ1) is 12.4. The Morgan fingerprint density at radius 3 is 3.04 bits per heavy atom. The molecular weight excluding hydrogens is 318 g/mol. The van der Waals surface area contributed by atoms with Crippen LogP contribution in [0.15, 0.2) is 47.4 Å². The van der Waals surface area contributed by atoms with E-state index in [1.165, 1.54) is 5.69 Å². The van der Waals surface area contributed by atoms with Gasteiger partial charge in [0, 0.05) is 42.9 Å². The predicted octanol–water partition coefficient (Wildman–Crippen LogP) is 2.64. The molecule has 0 spiro atoms. The van der Waals surface area contributed by atoms with E-state index >= 15 is 0 Å². The first-order valence-corrected chi connectivity index (χ1v) is 8.56. The lowest BCUT2D eigenvalue weighted by atomic mass is 10.1. The molecule has 0 bridgehead atoms. The minimum Gasteiger partial charge on any atom is -0.367 e. The molecule has 0 aliphatic carbocycles. The molecule has 1 fully saturated rings. The molecule has 1 N–H and O–H groups in total. The van der Waals surface area contributed by atoms with Crippen molar-refractivity contribution in [1.29, 1.82) is 0 Å². The highest BCUT2D eigenvalue weighted by Gasteiger charge is 2.21. The Morgan fingerprint density at radius 1 is 1.28 bits per heavy atom. The molecular formula is C18H21N5O2. The topological polar surface area (TPSA) is 80.1 Å². The summed E-state index contributed by atoms with van der Waals surface area (Å²) in [5.41, 5.74) is 2.12. The van der Waals surface area contributed by atoms with Crippen molar-refractivity contribution in [3.05, 3.63) is 54.4 Å². The molecule has 1 atom stereocenters. The van der Waals surface area contributed by atoms with Gasteiger partial charge in [-0.1, -0.05) is 5.16 Å². The molecule has 0 amide bonds. The summed E-state index contributed by atoms with van der Waals surface area (Å²) in [7, 11) is 0. The Kier molecular flexibility index (Phi) is 4.85. The quantitative estimate of drug-likeness (QED) is 0.744. The van der Waals surface area contributed by atoms with Crippen molar-refractivity contribution in [3.63, 3.8) is 0 Å². The van der Waals surface area contributed by atoms with Crippen LogP contribution in [-0.2, 0) is 17.9 Å². The number of likely N-dealkylation sites (tertiary alicyclic amines) is 1. The van der Waals surface area contributed by atoms with Gasteiger partial charge in [-0.25, -0.2) is 0 Å². The fourth-order valence-electron chi connectivity index (χ4n) is 3.12. The molecule has 130 valence electrons. The van der Waals surface area contributed by atoms with E-state index in [-0.39, 0.29) is 6.10 Å². The van der Waals surface area contributed by atoms with E-state index in [0.717, 1.165) is 38.0 Å². The fourth-order valence-corrected chi connectivity index (χ4v) is 3.12. The zero-order chi connectivity index (χ0) is 16.9. The highest BCUT2D eigenvalue weighted by Crippen LogP contribution is 2.18. The van der Waals surface area contributed by atoms with E-state index in [1.807, 2.05) is 24.4 Å². The van der Waals surface area contributed by atoms with Crippen molar-refractivity contribution >= 4 is 0 Å². The van der Waals surface area contributed by atoms with Gasteiger partial charge in [-0.15, -0.1) is 0 Å². The van der Waals surface area contributed by atoms with E-state index in [4.69, 9.17) is 9.26 Å². The molecule has 0 saturated carbocycles. The van der Waals surface area contributed by atoms with E-state index in [0.29, 0.717) is 18.3 Å². The van der Waals surface area contributed by atoms with Crippen LogP contribution in [0.1, 0.15) is 24.4 Å². The second-order valence-corrected chi connectivity index (χ2v) is 6.25. The molecule has 1 unspecified atom stereocenters. The van der Waals surface area contributed by atoms with Crippen molar-refractivity contribution < 1.29 is 9.26 Å². The van der Waals surface area contributed by atoms with Crippen molar-refractivity contribution in [3.8, 4) is 11.4 Å². The van der Waals surface area contributed by atoms with E-state index < -0.39 is 0 Å². The predicted molar refractivity (Wildman–Crippen MR) is 91.4 cm³/mol. The second kappa shape index (κ2) is 7.58. The Hall–Kier alpha value is -2.51. The van der Waals surface area contributed by atoms with Crippen LogP contribution in [0.2, 0.25) is 0 Å². The normalized spacial score (nSPS) is 18.5. The molecule has 1 aliphatic heterocycles. The summed E-state index contributed by atoms with van der Waals surface area (Å²) in [6, 6.07) is 7.86. The first-order valence-electron chi connectivity index (χ1n) is 8.56. The van der Waals surface area contributed by atoms with Gasteiger partial charge in [0.25, 0.3) is 5.89 Å². The minimum atomic E-state index is 0.194. The smallest absolute Gasteiger partial charge is 0.252 e. The minimum absolute atomic E-state index is 0.194. The van der Waals surface area contributed by atoms with Crippen molar-refractivity contribution in [2.24, 2.45) is 0 Å². The van der Waals surface area contributed by atoms with Gasteiger partial charge in [-0.3, -0.25) is 9.88 Å². The Bertz CT molecular complexity index is 772. The third-order valence-corrected chi connectivity index (χ3v) is 4.37. The number of aromatic amines is 1. The largest absolute Gasteiger partial charge is 0.367 e. The highest BCUT2D eigenvalue weighted by molar-refractivity contribution is 5.52. The number of aromatic nitrogens is 4. The van der Waals surface area contributed by atoms with Gasteiger partial charge >= 0.3 is 0 Å². The number of hydrogen-bond acceptors (Lipinski definition) is 6. The lowest BCUT2D eigenvalue weighted by Gasteiger charge is -2.32. The van der Waals surface area contributed by atoms with Crippen LogP contribution in [0.5, 0.6) is 0 Å². The molecule has 7 nitrogen and oxygen atoms in total. The maximum atomic E-state index is 6.01. The van der Waals surface area contributed by atoms with Gasteiger partial charge in [0.1, 0.15) is 6.61 Å². The SMILES string of the molecule is c1c[nH]c(CN2CCCC(OCc3nc(-c4ccncc4)no3)C2)c1. The van der Waals surface area contributed by atoms with Gasteiger partial charge in [0.05, 0.1) is 6.10 Å². The molecule has 25 heavy (non-hydrogen) atoms. The number of hydrogen-bond donors (Lipinski definition) is 1. The number of piperidine rings is 1. The molecule has 1 saturated heterocycles. The summed E-state index contributed by atoms with van der Waals surface area (Å²) in [5, 5.41) is 4.01. The Morgan fingerprint density at radius 2 is 2.20 bits per heavy atom. The van der Waals surface area contributed by atoms with Crippen molar-refractivity contribution in [2.75, 3.05) is 13.1 Å². The van der Waals surface area contributed by atoms with Gasteiger partial charge in [-0.2, -0.15) is 4.98 Å². The monoisotopic (exact) mass is 339 g/mol. The van der Waals surface area contributed by atoms with Gasteiger partial charge in [0.2, 0.25) is 5.82 Å². The third kappa shape index (κ3) is 4.12. The number of pyridine rings is 1. The molecule has 0 radical (unpaired) electrons. The zero-order valence-corrected chi connectivity index (χ0v) is 14.0. The number of nitrogens with one attached hydrogen (secondary N) is 1. The molecule has 4 rings (SSSR count). The van der Waals surface area contributed by atoms with Gasteiger partial charge in [0.15, 0.2) is 0 Å². The van der Waals surface area contributed by atoms with Crippen LogP contribution in [0.4, 0.5) is 0 Å². The fraction of sp³-hybridized carbons (Fsp3) is 0.389. The van der Waals surface area contributed by atoms with Gasteiger partial charge < -0.3 is 14.2 Å². The molecule has 1 aliphatic rings. The summed E-state index contributed by atoms with van der Waals surface area (Å²) in [5.74, 6) is 1.08. The molecule has 7 heteroatoms. The van der Waals surface area contributed by atoms with Gasteiger partial charge in [-0.05, 0) is 43.7 Å². The van der Waals surface area contributed by atoms with Crippen LogP contribution in [0, 0.1) is 0 Å². The van der Waals surface area contributed by atoms with Crippen LogP contribution >= 0.6 is 0 Å². The van der Waals surface area contributed by atoms with E-state index in [1.54, 1.807) is 12.4 Å². The zero-order valence-electron chi connectivity index (χ0n) is 14.0. The van der Waals surface area contributed by atoms with Crippen LogP contribution < -0.4 is 0 Å². The maximum Gasteiger partial charge on any atom is 0.252 e. The lowest BCUT2D eigenvalue weighted by molar-refractivity contribution is -0.0213. The highest BCUT2D eigenvalue weighted by atomic mass is 16.5. The standard InChI is InChI=1S/C18H21N5O2/c1-3-15(20-7-1)11-23-10-2-4-16(12-23)24-13-17-21-18(22-25-17)14-5-8-19-9-6-14/h1,3,5-9,16,20H,2,4,10-13H2. The average molecular weight is 339 g/mol. The van der Waals surface area contributed by atoms with E-state index in [2.05, 4.69) is 31.1 Å². The number of nitrogens with zero attached hydrogens (tertiary/aromatic N) is 4. The molecule has 3 aromatic heterocycles. The summed E-state index contributed by atoms with van der Waals surface area (Å²) >= 11 is 0. The van der Waals surface area contributed by atoms with Crippen molar-refractivity contribution in [1.82, 2.24) is 25.0 Å². The maximum absolute atomic E-state index is 6.01. The first kappa shape index (κ1) is 16.0. The Balaban J connectivity index is 1.30. The second-order valence-electron chi connectivity index (χ2n) is 6.25. The van der Waals surface area contributed by atoms with Crippen LogP contribution in [0.25, 0.3) is 11.4 Å². The van der Waals surface area contributed by atoms with Crippen molar-refractivity contribution in [2.45, 2.75) is 32.1 Å². The number of rotatable bonds is 6. The third-order valence-electron chi connectivity index (χ3n) is 4.37. The summed E-state index contributed by atoms with van der Waals surface area (Å²) < 4.78 is 11.3.